The van der Waals surface area contributed by atoms with Gasteiger partial charge in [-0.15, -0.1) is 0 Å². The molecule has 3 atom stereocenters. The van der Waals surface area contributed by atoms with E-state index in [9.17, 15) is 5.11 Å². The molecule has 1 rings (SSSR count). The number of hydrogen-bond acceptors (Lipinski definition) is 2. The second-order valence-electron chi connectivity index (χ2n) is 4.36. The smallest absolute Gasteiger partial charge is 0.0569 e. The van der Waals surface area contributed by atoms with Gasteiger partial charge in [0, 0.05) is 18.1 Å². The summed E-state index contributed by atoms with van der Waals surface area (Å²) in [5, 5.41) is 9.52. The van der Waals surface area contributed by atoms with E-state index < -0.39 is 0 Å². The molecule has 0 radical (unpaired) electrons. The summed E-state index contributed by atoms with van der Waals surface area (Å²) in [5.74, 6) is 0. The number of hydrogen-bond donors (Lipinski definition) is 1. The van der Waals surface area contributed by atoms with Crippen LogP contribution < -0.4 is 0 Å². The molecule has 12 heavy (non-hydrogen) atoms. The van der Waals surface area contributed by atoms with Crippen LogP contribution in [-0.2, 0) is 0 Å². The Hall–Kier alpha value is -0.0800. The average molecular weight is 171 g/mol. The van der Waals surface area contributed by atoms with E-state index in [1.807, 2.05) is 0 Å². The third kappa shape index (κ3) is 1.99. The van der Waals surface area contributed by atoms with Crippen LogP contribution >= 0.6 is 0 Å². The van der Waals surface area contributed by atoms with E-state index >= 15 is 0 Å². The molecule has 1 fully saturated rings. The van der Waals surface area contributed by atoms with Gasteiger partial charge in [-0.1, -0.05) is 0 Å². The first-order chi connectivity index (χ1) is 5.52. The van der Waals surface area contributed by atoms with Crippen molar-refractivity contribution in [3.05, 3.63) is 0 Å². The Labute approximate surface area is 75.6 Å². The van der Waals surface area contributed by atoms with Gasteiger partial charge >= 0.3 is 0 Å². The Morgan fingerprint density at radius 2 is 1.58 bits per heavy atom. The van der Waals surface area contributed by atoms with Crippen molar-refractivity contribution < 1.29 is 5.11 Å². The Bertz CT molecular complexity index is 135. The van der Waals surface area contributed by atoms with E-state index in [4.69, 9.17) is 0 Å². The van der Waals surface area contributed by atoms with Crippen LogP contribution in [0.2, 0.25) is 0 Å². The van der Waals surface area contributed by atoms with Crippen LogP contribution in [0.15, 0.2) is 0 Å². The predicted octanol–water partition coefficient (Wildman–Crippen LogP) is 1.63. The van der Waals surface area contributed by atoms with Crippen molar-refractivity contribution in [3.8, 4) is 0 Å². The predicted molar refractivity (Wildman–Crippen MR) is 51.1 cm³/mol. The summed E-state index contributed by atoms with van der Waals surface area (Å²) < 4.78 is 0. The molecule has 1 heterocycles. The zero-order valence-electron chi connectivity index (χ0n) is 8.62. The molecule has 2 heteroatoms. The summed E-state index contributed by atoms with van der Waals surface area (Å²) >= 11 is 0. The number of aliphatic hydroxyl groups excluding tert-OH is 1. The number of likely N-dealkylation sites (tertiary alicyclic amines) is 1. The normalized spacial score (nSPS) is 39.0. The Morgan fingerprint density at radius 3 is 1.92 bits per heavy atom. The van der Waals surface area contributed by atoms with Gasteiger partial charge in [0.1, 0.15) is 0 Å². The lowest BCUT2D eigenvalue weighted by Gasteiger charge is -2.43. The summed E-state index contributed by atoms with van der Waals surface area (Å²) in [7, 11) is 0. The summed E-state index contributed by atoms with van der Waals surface area (Å²) in [6.45, 7) is 8.87. The van der Waals surface area contributed by atoms with E-state index in [2.05, 4.69) is 32.6 Å². The van der Waals surface area contributed by atoms with Gasteiger partial charge in [0.05, 0.1) is 6.10 Å². The summed E-state index contributed by atoms with van der Waals surface area (Å²) in [6, 6.07) is 1.66. The first kappa shape index (κ1) is 10.0. The van der Waals surface area contributed by atoms with Crippen LogP contribution in [-0.4, -0.2) is 34.2 Å². The minimum absolute atomic E-state index is 0.0787. The van der Waals surface area contributed by atoms with E-state index in [-0.39, 0.29) is 6.10 Å². The maximum absolute atomic E-state index is 9.52. The van der Waals surface area contributed by atoms with Gasteiger partial charge in [0.2, 0.25) is 0 Å². The van der Waals surface area contributed by atoms with Gasteiger partial charge in [-0.25, -0.2) is 0 Å². The fourth-order valence-corrected chi connectivity index (χ4v) is 2.58. The molecule has 0 aliphatic carbocycles. The second kappa shape index (κ2) is 3.75. The van der Waals surface area contributed by atoms with Crippen LogP contribution in [0.5, 0.6) is 0 Å². The Kier molecular flexibility index (Phi) is 3.13. The van der Waals surface area contributed by atoms with Crippen LogP contribution in [0.4, 0.5) is 0 Å². The third-order valence-electron chi connectivity index (χ3n) is 2.84. The van der Waals surface area contributed by atoms with Gasteiger partial charge in [0.15, 0.2) is 0 Å². The molecule has 1 unspecified atom stereocenters. The fraction of sp³-hybridized carbons (Fsp3) is 1.00. The van der Waals surface area contributed by atoms with Crippen LogP contribution in [0.1, 0.15) is 40.5 Å². The molecule has 0 aromatic heterocycles. The Morgan fingerprint density at radius 1 is 1.17 bits per heavy atom. The highest BCUT2D eigenvalue weighted by molar-refractivity contribution is 4.85. The molecular weight excluding hydrogens is 150 g/mol. The van der Waals surface area contributed by atoms with Crippen LogP contribution in [0.25, 0.3) is 0 Å². The highest BCUT2D eigenvalue weighted by Crippen LogP contribution is 2.24. The quantitative estimate of drug-likeness (QED) is 0.648. The van der Waals surface area contributed by atoms with Crippen LogP contribution in [0, 0.1) is 0 Å². The van der Waals surface area contributed by atoms with E-state index in [1.165, 1.54) is 0 Å². The molecule has 1 aliphatic rings. The number of rotatable bonds is 1. The molecule has 1 saturated heterocycles. The standard InChI is InChI=1S/C10H21NO/c1-7(2)11-8(3)5-10(12)6-9(11)4/h7-10,12H,5-6H2,1-4H3/t8-,9+,10?. The monoisotopic (exact) mass is 171 g/mol. The first-order valence-electron chi connectivity index (χ1n) is 4.98. The van der Waals surface area contributed by atoms with Crippen molar-refractivity contribution >= 4 is 0 Å². The van der Waals surface area contributed by atoms with Crippen molar-refractivity contribution in [1.29, 1.82) is 0 Å². The maximum Gasteiger partial charge on any atom is 0.0569 e. The highest BCUT2D eigenvalue weighted by Gasteiger charge is 2.30. The third-order valence-corrected chi connectivity index (χ3v) is 2.84. The summed E-state index contributed by atoms with van der Waals surface area (Å²) in [6.07, 6.45) is 1.79. The van der Waals surface area contributed by atoms with Gasteiger partial charge in [-0.2, -0.15) is 0 Å². The molecule has 0 bridgehead atoms. The van der Waals surface area contributed by atoms with Gasteiger partial charge in [-0.05, 0) is 40.5 Å². The maximum atomic E-state index is 9.52. The van der Waals surface area contributed by atoms with Crippen molar-refractivity contribution in [1.82, 2.24) is 4.90 Å². The van der Waals surface area contributed by atoms with Gasteiger partial charge in [0.25, 0.3) is 0 Å². The minimum Gasteiger partial charge on any atom is -0.393 e. The molecule has 72 valence electrons. The van der Waals surface area contributed by atoms with Crippen molar-refractivity contribution in [2.24, 2.45) is 0 Å². The summed E-state index contributed by atoms with van der Waals surface area (Å²) in [5.41, 5.74) is 0. The fourth-order valence-electron chi connectivity index (χ4n) is 2.58. The molecule has 0 aromatic carbocycles. The van der Waals surface area contributed by atoms with Gasteiger partial charge in [-0.3, -0.25) is 4.90 Å². The molecule has 1 N–H and O–H groups in total. The molecular formula is C10H21NO. The molecule has 0 aromatic rings. The van der Waals surface area contributed by atoms with Crippen molar-refractivity contribution in [2.45, 2.75) is 64.8 Å². The molecule has 1 aliphatic heterocycles. The lowest BCUT2D eigenvalue weighted by molar-refractivity contribution is -0.00378. The molecule has 0 spiro atoms. The highest BCUT2D eigenvalue weighted by atomic mass is 16.3. The summed E-state index contributed by atoms with van der Waals surface area (Å²) in [4.78, 5) is 2.49. The van der Waals surface area contributed by atoms with Crippen molar-refractivity contribution in [3.63, 3.8) is 0 Å². The SMILES string of the molecule is CC(C)N1[C@H](C)CC(O)C[C@@H]1C. The number of aliphatic hydroxyl groups is 1. The number of piperidine rings is 1. The van der Waals surface area contributed by atoms with E-state index in [0.29, 0.717) is 18.1 Å². The van der Waals surface area contributed by atoms with Crippen molar-refractivity contribution in [2.75, 3.05) is 0 Å². The van der Waals surface area contributed by atoms with Gasteiger partial charge < -0.3 is 5.11 Å². The minimum atomic E-state index is -0.0787. The van der Waals surface area contributed by atoms with E-state index in [1.54, 1.807) is 0 Å². The first-order valence-corrected chi connectivity index (χ1v) is 4.98. The molecule has 2 nitrogen and oxygen atoms in total. The molecule has 0 amide bonds. The average Bonchev–Trinajstić information content (AvgIpc) is 1.82. The topological polar surface area (TPSA) is 23.5 Å². The largest absolute Gasteiger partial charge is 0.393 e. The molecule has 0 saturated carbocycles. The van der Waals surface area contributed by atoms with E-state index in [0.717, 1.165) is 12.8 Å². The second-order valence-corrected chi connectivity index (χ2v) is 4.36. The lowest BCUT2D eigenvalue weighted by Crippen LogP contribution is -2.51. The Balaban J connectivity index is 2.60. The zero-order valence-corrected chi connectivity index (χ0v) is 8.62. The lowest BCUT2D eigenvalue weighted by atomic mass is 9.93. The van der Waals surface area contributed by atoms with Crippen LogP contribution in [0.3, 0.4) is 0 Å². The number of nitrogens with zero attached hydrogens (tertiary/aromatic N) is 1. The zero-order chi connectivity index (χ0) is 9.30.